The third kappa shape index (κ3) is 4.30. The standard InChI is InChI=1S/C19H20N4O2/c24-13-10-17(15-4-2-1-3-5-15)14-20-19(25)16-6-8-18(9-7-16)23-12-11-21-22-23/h1-9,11-12,17,24H,10,13-14H2,(H,20,25). The number of benzene rings is 2. The second-order valence-corrected chi connectivity index (χ2v) is 5.72. The first kappa shape index (κ1) is 16.9. The van der Waals surface area contributed by atoms with Gasteiger partial charge in [-0.05, 0) is 36.2 Å². The lowest BCUT2D eigenvalue weighted by Crippen LogP contribution is -2.28. The summed E-state index contributed by atoms with van der Waals surface area (Å²) in [6.07, 6.45) is 3.95. The molecule has 0 saturated heterocycles. The van der Waals surface area contributed by atoms with Crippen LogP contribution in [-0.2, 0) is 0 Å². The molecule has 2 N–H and O–H groups in total. The van der Waals surface area contributed by atoms with Crippen molar-refractivity contribution in [3.8, 4) is 5.69 Å². The number of hydrogen-bond donors (Lipinski definition) is 2. The van der Waals surface area contributed by atoms with Gasteiger partial charge in [0.15, 0.2) is 0 Å². The van der Waals surface area contributed by atoms with Crippen molar-refractivity contribution in [2.75, 3.05) is 13.2 Å². The van der Waals surface area contributed by atoms with Gasteiger partial charge >= 0.3 is 0 Å². The summed E-state index contributed by atoms with van der Waals surface area (Å²) in [5.74, 6) is -0.0476. The molecule has 6 nitrogen and oxygen atoms in total. The van der Waals surface area contributed by atoms with Gasteiger partial charge in [-0.3, -0.25) is 4.79 Å². The van der Waals surface area contributed by atoms with Crippen molar-refractivity contribution in [2.45, 2.75) is 12.3 Å². The maximum Gasteiger partial charge on any atom is 0.251 e. The summed E-state index contributed by atoms with van der Waals surface area (Å²) in [7, 11) is 0. The van der Waals surface area contributed by atoms with E-state index in [0.29, 0.717) is 18.5 Å². The molecule has 0 aliphatic heterocycles. The number of aromatic nitrogens is 3. The van der Waals surface area contributed by atoms with E-state index >= 15 is 0 Å². The minimum atomic E-state index is -0.135. The number of nitrogens with zero attached hydrogens (tertiary/aromatic N) is 3. The van der Waals surface area contributed by atoms with Gasteiger partial charge in [0.2, 0.25) is 0 Å². The topological polar surface area (TPSA) is 80.0 Å². The number of hydrogen-bond acceptors (Lipinski definition) is 4. The summed E-state index contributed by atoms with van der Waals surface area (Å²) in [5, 5.41) is 19.9. The first-order chi connectivity index (χ1) is 12.3. The average molecular weight is 336 g/mol. The van der Waals surface area contributed by atoms with Gasteiger partial charge in [-0.25, -0.2) is 4.68 Å². The Kier molecular flexibility index (Phi) is 5.53. The Morgan fingerprint density at radius 2 is 1.88 bits per heavy atom. The Hall–Kier alpha value is -2.99. The largest absolute Gasteiger partial charge is 0.396 e. The minimum absolute atomic E-state index is 0.0854. The molecule has 2 aromatic carbocycles. The smallest absolute Gasteiger partial charge is 0.251 e. The van der Waals surface area contributed by atoms with Crippen LogP contribution in [0, 0.1) is 0 Å². The molecular weight excluding hydrogens is 316 g/mol. The summed E-state index contributed by atoms with van der Waals surface area (Å²) >= 11 is 0. The molecule has 1 unspecified atom stereocenters. The first-order valence-electron chi connectivity index (χ1n) is 8.18. The molecule has 0 saturated carbocycles. The van der Waals surface area contributed by atoms with Gasteiger partial charge < -0.3 is 10.4 Å². The van der Waals surface area contributed by atoms with Crippen LogP contribution in [0.3, 0.4) is 0 Å². The third-order valence-electron chi connectivity index (χ3n) is 4.07. The van der Waals surface area contributed by atoms with E-state index in [4.69, 9.17) is 0 Å². The minimum Gasteiger partial charge on any atom is -0.396 e. The molecular formula is C19H20N4O2. The summed E-state index contributed by atoms with van der Waals surface area (Å²) in [6.45, 7) is 0.566. The van der Waals surface area contributed by atoms with Crippen molar-refractivity contribution in [1.82, 2.24) is 20.3 Å². The van der Waals surface area contributed by atoms with Gasteiger partial charge in [0, 0.05) is 24.6 Å². The van der Waals surface area contributed by atoms with Crippen LogP contribution >= 0.6 is 0 Å². The molecule has 1 heterocycles. The Morgan fingerprint density at radius 1 is 1.12 bits per heavy atom. The molecule has 1 amide bonds. The van der Waals surface area contributed by atoms with Gasteiger partial charge in [-0.1, -0.05) is 35.5 Å². The Labute approximate surface area is 146 Å². The lowest BCUT2D eigenvalue weighted by molar-refractivity contribution is 0.0949. The predicted octanol–water partition coefficient (Wildman–Crippen LogP) is 2.16. The monoisotopic (exact) mass is 336 g/mol. The summed E-state index contributed by atoms with van der Waals surface area (Å²) < 4.78 is 1.63. The molecule has 3 aromatic rings. The molecule has 0 aliphatic rings. The van der Waals surface area contributed by atoms with Crippen LogP contribution in [0.15, 0.2) is 67.0 Å². The van der Waals surface area contributed by atoms with E-state index in [1.807, 2.05) is 42.5 Å². The highest BCUT2D eigenvalue weighted by Gasteiger charge is 2.13. The zero-order chi connectivity index (χ0) is 17.5. The average Bonchev–Trinajstić information content (AvgIpc) is 3.20. The van der Waals surface area contributed by atoms with Crippen molar-refractivity contribution >= 4 is 5.91 Å². The summed E-state index contributed by atoms with van der Waals surface area (Å²) in [6, 6.07) is 17.1. The van der Waals surface area contributed by atoms with Gasteiger partial charge in [0.25, 0.3) is 5.91 Å². The van der Waals surface area contributed by atoms with E-state index in [9.17, 15) is 9.90 Å². The van der Waals surface area contributed by atoms with E-state index in [0.717, 1.165) is 11.3 Å². The Balaban J connectivity index is 1.63. The fourth-order valence-electron chi connectivity index (χ4n) is 2.70. The number of nitrogens with one attached hydrogen (secondary N) is 1. The van der Waals surface area contributed by atoms with E-state index in [-0.39, 0.29) is 18.4 Å². The lowest BCUT2D eigenvalue weighted by atomic mass is 9.96. The molecule has 1 aromatic heterocycles. The zero-order valence-electron chi connectivity index (χ0n) is 13.7. The molecule has 0 spiro atoms. The summed E-state index contributed by atoms with van der Waals surface area (Å²) in [4.78, 5) is 12.4. The molecule has 0 bridgehead atoms. The van der Waals surface area contributed by atoms with Crippen LogP contribution < -0.4 is 5.32 Å². The number of aliphatic hydroxyl groups is 1. The maximum atomic E-state index is 12.4. The number of carbonyl (C=O) groups excluding carboxylic acids is 1. The third-order valence-corrected chi connectivity index (χ3v) is 4.07. The SMILES string of the molecule is O=C(NCC(CCO)c1ccccc1)c1ccc(-n2ccnn2)cc1. The normalized spacial score (nSPS) is 11.9. The fourth-order valence-corrected chi connectivity index (χ4v) is 2.70. The van der Waals surface area contributed by atoms with Gasteiger partial charge in [-0.2, -0.15) is 0 Å². The van der Waals surface area contributed by atoms with Crippen molar-refractivity contribution in [1.29, 1.82) is 0 Å². The van der Waals surface area contributed by atoms with Crippen molar-refractivity contribution in [2.24, 2.45) is 0 Å². The Morgan fingerprint density at radius 3 is 2.52 bits per heavy atom. The molecule has 25 heavy (non-hydrogen) atoms. The highest BCUT2D eigenvalue weighted by molar-refractivity contribution is 5.94. The highest BCUT2D eigenvalue weighted by atomic mass is 16.3. The van der Waals surface area contributed by atoms with Gasteiger partial charge in [0.05, 0.1) is 18.1 Å². The summed E-state index contributed by atoms with van der Waals surface area (Å²) in [5.41, 5.74) is 2.54. The highest BCUT2D eigenvalue weighted by Crippen LogP contribution is 2.18. The lowest BCUT2D eigenvalue weighted by Gasteiger charge is -2.17. The molecule has 6 heteroatoms. The van der Waals surface area contributed by atoms with Crippen molar-refractivity contribution < 1.29 is 9.90 Å². The van der Waals surface area contributed by atoms with Crippen LogP contribution in [0.2, 0.25) is 0 Å². The van der Waals surface area contributed by atoms with Crippen LogP contribution in [0.5, 0.6) is 0 Å². The second-order valence-electron chi connectivity index (χ2n) is 5.72. The van der Waals surface area contributed by atoms with E-state index < -0.39 is 0 Å². The van der Waals surface area contributed by atoms with Crippen LogP contribution in [0.1, 0.15) is 28.3 Å². The Bertz CT molecular complexity index is 786. The van der Waals surface area contributed by atoms with Gasteiger partial charge in [0.1, 0.15) is 0 Å². The molecule has 1 atom stereocenters. The van der Waals surface area contributed by atoms with E-state index in [1.54, 1.807) is 29.2 Å². The van der Waals surface area contributed by atoms with E-state index in [2.05, 4.69) is 15.6 Å². The van der Waals surface area contributed by atoms with Crippen molar-refractivity contribution in [3.05, 3.63) is 78.1 Å². The van der Waals surface area contributed by atoms with Crippen LogP contribution in [-0.4, -0.2) is 39.2 Å². The maximum absolute atomic E-state index is 12.4. The molecule has 128 valence electrons. The number of amides is 1. The van der Waals surface area contributed by atoms with E-state index in [1.165, 1.54) is 0 Å². The quantitative estimate of drug-likeness (QED) is 0.693. The molecule has 0 fully saturated rings. The van der Waals surface area contributed by atoms with Crippen LogP contribution in [0.25, 0.3) is 5.69 Å². The van der Waals surface area contributed by atoms with Crippen molar-refractivity contribution in [3.63, 3.8) is 0 Å². The number of rotatable bonds is 7. The predicted molar refractivity (Wildman–Crippen MR) is 94.6 cm³/mol. The number of aliphatic hydroxyl groups excluding tert-OH is 1. The molecule has 0 aliphatic carbocycles. The first-order valence-corrected chi connectivity index (χ1v) is 8.18. The molecule has 0 radical (unpaired) electrons. The number of carbonyl (C=O) groups is 1. The fraction of sp³-hybridized carbons (Fsp3) is 0.211. The second kappa shape index (κ2) is 8.21. The van der Waals surface area contributed by atoms with Gasteiger partial charge in [-0.15, -0.1) is 5.10 Å². The zero-order valence-corrected chi connectivity index (χ0v) is 13.7. The molecule has 3 rings (SSSR count). The van der Waals surface area contributed by atoms with Crippen LogP contribution in [0.4, 0.5) is 0 Å².